The lowest BCUT2D eigenvalue weighted by molar-refractivity contribution is -0.134. The van der Waals surface area contributed by atoms with Crippen molar-refractivity contribution in [2.45, 2.75) is 19.8 Å². The van der Waals surface area contributed by atoms with Gasteiger partial charge in [-0.05, 0) is 35.4 Å². The molecular formula is C16H20N2O5S. The highest BCUT2D eigenvalue weighted by Crippen LogP contribution is 2.22. The molecule has 130 valence electrons. The second kappa shape index (κ2) is 8.42. The van der Waals surface area contributed by atoms with Crippen LogP contribution in [0.4, 0.5) is 0 Å². The molecule has 0 aliphatic rings. The maximum absolute atomic E-state index is 11.4. The van der Waals surface area contributed by atoms with Crippen molar-refractivity contribution < 1.29 is 22.5 Å². The van der Waals surface area contributed by atoms with Gasteiger partial charge in [-0.25, -0.2) is 0 Å². The van der Waals surface area contributed by atoms with Crippen LogP contribution >= 0.6 is 0 Å². The number of esters is 1. The summed E-state index contributed by atoms with van der Waals surface area (Å²) in [4.78, 5) is 11.4. The Balaban J connectivity index is 0.000000505. The summed E-state index contributed by atoms with van der Waals surface area (Å²) < 4.78 is 31.1. The van der Waals surface area contributed by atoms with Crippen LogP contribution in [0, 0.1) is 5.41 Å². The third-order valence-electron chi connectivity index (χ3n) is 2.81. The Morgan fingerprint density at radius 1 is 1.21 bits per heavy atom. The van der Waals surface area contributed by atoms with E-state index in [2.05, 4.69) is 0 Å². The smallest absolute Gasteiger partial charge is 0.311 e. The van der Waals surface area contributed by atoms with Crippen LogP contribution in [0.5, 0.6) is 5.75 Å². The SMILES string of the molecule is CCCC(=O)Oc1ccc2cc(C(=N)N)ccc2c1.CS(=O)(=O)O. The van der Waals surface area contributed by atoms with Gasteiger partial charge in [-0.2, -0.15) is 8.42 Å². The zero-order valence-corrected chi connectivity index (χ0v) is 14.3. The van der Waals surface area contributed by atoms with E-state index in [1.165, 1.54) is 0 Å². The summed E-state index contributed by atoms with van der Waals surface area (Å²) in [7, 11) is -3.67. The molecule has 0 saturated heterocycles. The van der Waals surface area contributed by atoms with Crippen molar-refractivity contribution >= 4 is 32.7 Å². The summed E-state index contributed by atoms with van der Waals surface area (Å²) in [6.07, 6.45) is 1.91. The van der Waals surface area contributed by atoms with E-state index in [0.29, 0.717) is 24.0 Å². The average Bonchev–Trinajstić information content (AvgIpc) is 2.45. The fourth-order valence-electron chi connectivity index (χ4n) is 1.84. The molecule has 8 heteroatoms. The molecular weight excluding hydrogens is 332 g/mol. The van der Waals surface area contributed by atoms with E-state index in [1.54, 1.807) is 12.1 Å². The van der Waals surface area contributed by atoms with Crippen LogP contribution in [0.2, 0.25) is 0 Å². The topological polar surface area (TPSA) is 131 Å². The normalized spacial score (nSPS) is 10.6. The minimum atomic E-state index is -3.67. The first kappa shape index (κ1) is 19.6. The summed E-state index contributed by atoms with van der Waals surface area (Å²) in [6, 6.07) is 10.9. The Labute approximate surface area is 140 Å². The fraction of sp³-hybridized carbons (Fsp3) is 0.250. The lowest BCUT2D eigenvalue weighted by Crippen LogP contribution is -2.10. The Morgan fingerprint density at radius 2 is 1.75 bits per heavy atom. The molecule has 2 rings (SSSR count). The Bertz CT molecular complexity index is 839. The van der Waals surface area contributed by atoms with Crippen molar-refractivity contribution in [3.8, 4) is 5.75 Å². The molecule has 0 bridgehead atoms. The van der Waals surface area contributed by atoms with E-state index >= 15 is 0 Å². The number of nitrogen functional groups attached to an aromatic ring is 1. The number of amidine groups is 1. The Morgan fingerprint density at radius 3 is 2.29 bits per heavy atom. The zero-order valence-electron chi connectivity index (χ0n) is 13.4. The maximum Gasteiger partial charge on any atom is 0.311 e. The predicted molar refractivity (Wildman–Crippen MR) is 93.0 cm³/mol. The van der Waals surface area contributed by atoms with Crippen molar-refractivity contribution in [3.05, 3.63) is 42.0 Å². The second-order valence-electron chi connectivity index (χ2n) is 5.09. The van der Waals surface area contributed by atoms with Crippen molar-refractivity contribution in [2.75, 3.05) is 6.26 Å². The molecule has 7 nitrogen and oxygen atoms in total. The van der Waals surface area contributed by atoms with Crippen LogP contribution in [0.3, 0.4) is 0 Å². The highest BCUT2D eigenvalue weighted by Gasteiger charge is 2.05. The van der Waals surface area contributed by atoms with Gasteiger partial charge in [-0.15, -0.1) is 0 Å². The zero-order chi connectivity index (χ0) is 18.3. The summed E-state index contributed by atoms with van der Waals surface area (Å²) in [5.74, 6) is 0.365. The van der Waals surface area contributed by atoms with Crippen LogP contribution in [0.15, 0.2) is 36.4 Å². The van der Waals surface area contributed by atoms with Gasteiger partial charge in [0.05, 0.1) is 6.26 Å². The monoisotopic (exact) mass is 352 g/mol. The molecule has 24 heavy (non-hydrogen) atoms. The van der Waals surface area contributed by atoms with E-state index in [9.17, 15) is 13.2 Å². The fourth-order valence-corrected chi connectivity index (χ4v) is 1.84. The first-order chi connectivity index (χ1) is 11.1. The maximum atomic E-state index is 11.4. The third kappa shape index (κ3) is 7.21. The lowest BCUT2D eigenvalue weighted by atomic mass is 10.1. The van der Waals surface area contributed by atoms with Crippen molar-refractivity contribution in [3.63, 3.8) is 0 Å². The van der Waals surface area contributed by atoms with E-state index in [4.69, 9.17) is 20.4 Å². The molecule has 4 N–H and O–H groups in total. The summed E-state index contributed by atoms with van der Waals surface area (Å²) in [5, 5.41) is 9.31. The van der Waals surface area contributed by atoms with Gasteiger partial charge in [0, 0.05) is 12.0 Å². The first-order valence-electron chi connectivity index (χ1n) is 7.11. The van der Waals surface area contributed by atoms with Crippen molar-refractivity contribution in [1.82, 2.24) is 0 Å². The quantitative estimate of drug-likeness (QED) is 0.254. The Hall–Kier alpha value is -2.45. The molecule has 0 saturated carbocycles. The largest absolute Gasteiger partial charge is 0.427 e. The molecule has 0 atom stereocenters. The standard InChI is InChI=1S/C15H16N2O2.CH4O3S/c1-2-3-14(18)19-13-7-6-10-8-12(15(16)17)5-4-11(10)9-13;1-5(2,3)4/h4-9H,2-3H2,1H3,(H3,16,17);1H3,(H,2,3,4). The number of hydrogen-bond acceptors (Lipinski definition) is 5. The molecule has 0 aromatic heterocycles. The minimum Gasteiger partial charge on any atom is -0.427 e. The van der Waals surface area contributed by atoms with E-state index in [1.807, 2.05) is 31.2 Å². The molecule has 0 radical (unpaired) electrons. The van der Waals surface area contributed by atoms with Gasteiger partial charge in [0.2, 0.25) is 0 Å². The van der Waals surface area contributed by atoms with Gasteiger partial charge in [0.25, 0.3) is 10.1 Å². The highest BCUT2D eigenvalue weighted by molar-refractivity contribution is 7.85. The molecule has 0 heterocycles. The number of nitrogens with one attached hydrogen (secondary N) is 1. The van der Waals surface area contributed by atoms with Gasteiger partial charge in [0.15, 0.2) is 0 Å². The molecule has 0 unspecified atom stereocenters. The number of ether oxygens (including phenoxy) is 1. The van der Waals surface area contributed by atoms with Crippen LogP contribution in [0.1, 0.15) is 25.3 Å². The minimum absolute atomic E-state index is 0.0420. The molecule has 0 fully saturated rings. The first-order valence-corrected chi connectivity index (χ1v) is 8.96. The molecule has 0 aliphatic heterocycles. The second-order valence-corrected chi connectivity index (χ2v) is 6.56. The number of benzene rings is 2. The van der Waals surface area contributed by atoms with E-state index < -0.39 is 10.1 Å². The van der Waals surface area contributed by atoms with Gasteiger partial charge in [0.1, 0.15) is 11.6 Å². The van der Waals surface area contributed by atoms with Gasteiger partial charge in [-0.1, -0.05) is 25.1 Å². The van der Waals surface area contributed by atoms with Crippen LogP contribution < -0.4 is 10.5 Å². The Kier molecular flexibility index (Phi) is 6.87. The molecule has 0 spiro atoms. The van der Waals surface area contributed by atoms with E-state index in [-0.39, 0.29) is 11.8 Å². The predicted octanol–water partition coefficient (Wildman–Crippen LogP) is 2.33. The third-order valence-corrected chi connectivity index (χ3v) is 2.81. The molecule has 2 aromatic carbocycles. The van der Waals surface area contributed by atoms with Gasteiger partial charge < -0.3 is 10.5 Å². The summed E-state index contributed by atoms with van der Waals surface area (Å²) in [5.41, 5.74) is 6.13. The number of carbonyl (C=O) groups excluding carboxylic acids is 1. The molecule has 0 aliphatic carbocycles. The molecule has 2 aromatic rings. The highest BCUT2D eigenvalue weighted by atomic mass is 32.2. The lowest BCUT2D eigenvalue weighted by Gasteiger charge is -2.06. The van der Waals surface area contributed by atoms with Crippen molar-refractivity contribution in [1.29, 1.82) is 5.41 Å². The number of nitrogens with two attached hydrogens (primary N) is 1. The summed E-state index contributed by atoms with van der Waals surface area (Å²) >= 11 is 0. The van der Waals surface area contributed by atoms with Crippen LogP contribution in [0.25, 0.3) is 10.8 Å². The average molecular weight is 352 g/mol. The number of hydrogen-bond donors (Lipinski definition) is 3. The van der Waals surface area contributed by atoms with Gasteiger partial charge >= 0.3 is 5.97 Å². The number of rotatable bonds is 4. The van der Waals surface area contributed by atoms with Gasteiger partial charge in [-0.3, -0.25) is 14.8 Å². The number of carbonyl (C=O) groups is 1. The van der Waals surface area contributed by atoms with Crippen molar-refractivity contribution in [2.24, 2.45) is 5.73 Å². The summed E-state index contributed by atoms with van der Waals surface area (Å²) in [6.45, 7) is 1.94. The van der Waals surface area contributed by atoms with Crippen LogP contribution in [-0.2, 0) is 14.9 Å². The van der Waals surface area contributed by atoms with E-state index in [0.717, 1.165) is 17.2 Å². The molecule has 0 amide bonds. The van der Waals surface area contributed by atoms with Crippen LogP contribution in [-0.4, -0.2) is 31.0 Å². The number of fused-ring (bicyclic) bond motifs is 1.